The number of hydrogen-bond donors (Lipinski definition) is 2. The summed E-state index contributed by atoms with van der Waals surface area (Å²) >= 11 is 0. The molecule has 2 amide bonds. The zero-order chi connectivity index (χ0) is 19.4. The van der Waals surface area contributed by atoms with Gasteiger partial charge in [-0.3, -0.25) is 14.5 Å². The fraction of sp³-hybridized carbons (Fsp3) is 0.474. The topological polar surface area (TPSA) is 82.1 Å². The molecule has 8 heteroatoms. The number of nitrogens with zero attached hydrogens (tertiary/aromatic N) is 2. The maximum Gasteiger partial charge on any atom is 0.277 e. The molecule has 2 N–H and O–H groups in total. The molecule has 0 bridgehead atoms. The van der Waals surface area contributed by atoms with E-state index in [1.165, 1.54) is 12.1 Å². The van der Waals surface area contributed by atoms with Gasteiger partial charge in [-0.15, -0.1) is 0 Å². The Labute approximate surface area is 157 Å². The number of rotatable bonds is 7. The van der Waals surface area contributed by atoms with Crippen LogP contribution in [0.15, 0.2) is 30.0 Å². The molecule has 1 fully saturated rings. The standard InChI is InChI=1S/C19H24FN3O4/c1-22-6-4-13(5-7-22)12-27-17-3-2-14(10-15(17)20)21-16-11-18(25)23(8-9-24)19(16)26/h2-3,10-11,13,21,24H,4-9,12H2,1H3. The van der Waals surface area contributed by atoms with Crippen molar-refractivity contribution in [2.75, 3.05) is 45.2 Å². The van der Waals surface area contributed by atoms with Crippen LogP contribution in [0.1, 0.15) is 12.8 Å². The first-order chi connectivity index (χ1) is 13.0. The number of amides is 2. The summed E-state index contributed by atoms with van der Waals surface area (Å²) in [7, 11) is 2.09. The zero-order valence-electron chi connectivity index (χ0n) is 15.3. The van der Waals surface area contributed by atoms with Crippen LogP contribution in [-0.4, -0.2) is 66.6 Å². The number of β-amino-alcohol motifs (C(OH)–C–C–N with tert-alkyl or cyclic N) is 1. The molecular weight excluding hydrogens is 353 g/mol. The van der Waals surface area contributed by atoms with Gasteiger partial charge in [-0.2, -0.15) is 0 Å². The monoisotopic (exact) mass is 377 g/mol. The van der Waals surface area contributed by atoms with E-state index in [-0.39, 0.29) is 24.6 Å². The minimum absolute atomic E-state index is 0.0489. The second-order valence-corrected chi connectivity index (χ2v) is 6.90. The SMILES string of the molecule is CN1CCC(COc2ccc(NC3=CC(=O)N(CCO)C3=O)cc2F)CC1. The highest BCUT2D eigenvalue weighted by atomic mass is 19.1. The van der Waals surface area contributed by atoms with E-state index in [2.05, 4.69) is 17.3 Å². The lowest BCUT2D eigenvalue weighted by Crippen LogP contribution is -2.34. The highest BCUT2D eigenvalue weighted by molar-refractivity contribution is 6.17. The van der Waals surface area contributed by atoms with Crippen molar-refractivity contribution >= 4 is 17.5 Å². The Kier molecular flexibility index (Phi) is 6.08. The fourth-order valence-electron chi connectivity index (χ4n) is 3.20. The number of aliphatic hydroxyl groups excluding tert-OH is 1. The number of carbonyl (C=O) groups is 2. The Morgan fingerprint density at radius 3 is 2.70 bits per heavy atom. The largest absolute Gasteiger partial charge is 0.490 e. The van der Waals surface area contributed by atoms with E-state index in [0.29, 0.717) is 18.2 Å². The minimum Gasteiger partial charge on any atom is -0.490 e. The first-order valence-electron chi connectivity index (χ1n) is 9.04. The number of halogens is 1. The minimum atomic E-state index is -0.544. The molecule has 1 saturated heterocycles. The van der Waals surface area contributed by atoms with E-state index in [9.17, 15) is 14.0 Å². The van der Waals surface area contributed by atoms with Gasteiger partial charge in [0, 0.05) is 17.8 Å². The van der Waals surface area contributed by atoms with Crippen LogP contribution in [0.25, 0.3) is 0 Å². The molecule has 7 nitrogen and oxygen atoms in total. The van der Waals surface area contributed by atoms with E-state index < -0.39 is 17.6 Å². The predicted octanol–water partition coefficient (Wildman–Crippen LogP) is 1.20. The second-order valence-electron chi connectivity index (χ2n) is 6.90. The van der Waals surface area contributed by atoms with Crippen molar-refractivity contribution in [1.29, 1.82) is 0 Å². The van der Waals surface area contributed by atoms with E-state index >= 15 is 0 Å². The lowest BCUT2D eigenvalue weighted by atomic mass is 9.98. The fourth-order valence-corrected chi connectivity index (χ4v) is 3.20. The summed E-state index contributed by atoms with van der Waals surface area (Å²) < 4.78 is 20.0. The molecule has 0 spiro atoms. The average molecular weight is 377 g/mol. The van der Waals surface area contributed by atoms with Crippen LogP contribution in [0.4, 0.5) is 10.1 Å². The van der Waals surface area contributed by atoms with Crippen molar-refractivity contribution in [1.82, 2.24) is 9.80 Å². The summed E-state index contributed by atoms with van der Waals surface area (Å²) in [6.07, 6.45) is 3.21. The summed E-state index contributed by atoms with van der Waals surface area (Å²) in [4.78, 5) is 27.0. The van der Waals surface area contributed by atoms with Crippen molar-refractivity contribution < 1.29 is 23.8 Å². The number of aliphatic hydroxyl groups is 1. The molecule has 0 aromatic heterocycles. The molecule has 0 unspecified atom stereocenters. The van der Waals surface area contributed by atoms with Gasteiger partial charge in [-0.25, -0.2) is 4.39 Å². The van der Waals surface area contributed by atoms with E-state index in [1.807, 2.05) is 0 Å². The number of piperidine rings is 1. The molecule has 3 rings (SSSR count). The van der Waals surface area contributed by atoms with E-state index in [4.69, 9.17) is 9.84 Å². The molecule has 2 heterocycles. The first-order valence-corrected chi connectivity index (χ1v) is 9.04. The molecule has 2 aliphatic rings. The van der Waals surface area contributed by atoms with Gasteiger partial charge in [0.15, 0.2) is 11.6 Å². The number of carbonyl (C=O) groups excluding carboxylic acids is 2. The summed E-state index contributed by atoms with van der Waals surface area (Å²) in [5.74, 6) is -0.989. The van der Waals surface area contributed by atoms with E-state index in [0.717, 1.165) is 36.9 Å². The highest BCUT2D eigenvalue weighted by Gasteiger charge is 2.30. The molecule has 0 radical (unpaired) electrons. The van der Waals surface area contributed by atoms with Gasteiger partial charge in [0.25, 0.3) is 11.8 Å². The summed E-state index contributed by atoms with van der Waals surface area (Å²) in [6, 6.07) is 4.34. The van der Waals surface area contributed by atoms with Crippen molar-refractivity contribution in [2.24, 2.45) is 5.92 Å². The van der Waals surface area contributed by atoms with Gasteiger partial charge in [-0.05, 0) is 51.0 Å². The third-order valence-electron chi connectivity index (χ3n) is 4.86. The normalized spacial score (nSPS) is 18.8. The molecule has 27 heavy (non-hydrogen) atoms. The maximum absolute atomic E-state index is 14.3. The van der Waals surface area contributed by atoms with Gasteiger partial charge in [0.2, 0.25) is 0 Å². The van der Waals surface area contributed by atoms with Gasteiger partial charge >= 0.3 is 0 Å². The molecule has 2 aliphatic heterocycles. The molecule has 1 aromatic carbocycles. The smallest absolute Gasteiger partial charge is 0.277 e. The van der Waals surface area contributed by atoms with Crippen LogP contribution in [0.2, 0.25) is 0 Å². The molecule has 0 aliphatic carbocycles. The summed E-state index contributed by atoms with van der Waals surface area (Å²) in [5.41, 5.74) is 0.394. The van der Waals surface area contributed by atoms with Crippen molar-refractivity contribution in [2.45, 2.75) is 12.8 Å². The second kappa shape index (κ2) is 8.49. The number of imide groups is 1. The van der Waals surface area contributed by atoms with Crippen LogP contribution in [-0.2, 0) is 9.59 Å². The highest BCUT2D eigenvalue weighted by Crippen LogP contribution is 2.25. The first kappa shape index (κ1) is 19.3. The van der Waals surface area contributed by atoms with E-state index in [1.54, 1.807) is 6.07 Å². The number of ether oxygens (including phenoxy) is 1. The average Bonchev–Trinajstić information content (AvgIpc) is 2.90. The van der Waals surface area contributed by atoms with Crippen molar-refractivity contribution in [3.8, 4) is 5.75 Å². The Morgan fingerprint density at radius 2 is 2.04 bits per heavy atom. The lowest BCUT2D eigenvalue weighted by molar-refractivity contribution is -0.137. The Morgan fingerprint density at radius 1 is 1.30 bits per heavy atom. The van der Waals surface area contributed by atoms with Crippen LogP contribution in [0, 0.1) is 11.7 Å². The van der Waals surface area contributed by atoms with Gasteiger partial charge < -0.3 is 20.1 Å². The number of anilines is 1. The Hall–Kier alpha value is -2.45. The third-order valence-corrected chi connectivity index (χ3v) is 4.86. The summed E-state index contributed by atoms with van der Waals surface area (Å²) in [5, 5.41) is 11.7. The van der Waals surface area contributed by atoms with Crippen molar-refractivity contribution in [3.05, 3.63) is 35.8 Å². The molecular formula is C19H24FN3O4. The maximum atomic E-state index is 14.3. The molecule has 0 atom stereocenters. The zero-order valence-corrected chi connectivity index (χ0v) is 15.3. The van der Waals surface area contributed by atoms with Gasteiger partial charge in [0.05, 0.1) is 19.8 Å². The van der Waals surface area contributed by atoms with Crippen LogP contribution in [0.5, 0.6) is 5.75 Å². The quantitative estimate of drug-likeness (QED) is 0.695. The molecule has 0 saturated carbocycles. The van der Waals surface area contributed by atoms with Crippen LogP contribution >= 0.6 is 0 Å². The number of hydrogen-bond acceptors (Lipinski definition) is 6. The Bertz CT molecular complexity index is 744. The molecule has 1 aromatic rings. The van der Waals surface area contributed by atoms with Gasteiger partial charge in [0.1, 0.15) is 5.70 Å². The molecule has 146 valence electrons. The number of nitrogens with one attached hydrogen (secondary N) is 1. The third kappa shape index (κ3) is 4.64. The van der Waals surface area contributed by atoms with Crippen LogP contribution in [0.3, 0.4) is 0 Å². The van der Waals surface area contributed by atoms with Gasteiger partial charge in [-0.1, -0.05) is 0 Å². The Balaban J connectivity index is 1.58. The number of likely N-dealkylation sites (tertiary alicyclic amines) is 1. The lowest BCUT2D eigenvalue weighted by Gasteiger charge is -2.28. The summed E-state index contributed by atoms with van der Waals surface area (Å²) in [6.45, 7) is 2.14. The number of benzene rings is 1. The van der Waals surface area contributed by atoms with Crippen molar-refractivity contribution in [3.63, 3.8) is 0 Å². The van der Waals surface area contributed by atoms with Crippen LogP contribution < -0.4 is 10.1 Å². The predicted molar refractivity (Wildman–Crippen MR) is 97.6 cm³/mol.